The van der Waals surface area contributed by atoms with Gasteiger partial charge >= 0.3 is 5.69 Å². The number of carbonyl (C=O) groups excluding carboxylic acids is 1. The summed E-state index contributed by atoms with van der Waals surface area (Å²) < 4.78 is 6.24. The van der Waals surface area contributed by atoms with Gasteiger partial charge in [0.25, 0.3) is 11.6 Å². The number of carbonyl (C=O) groups is 1. The number of nitrogens with one attached hydrogen (secondary N) is 1. The van der Waals surface area contributed by atoms with E-state index in [0.717, 1.165) is 18.2 Å². The van der Waals surface area contributed by atoms with E-state index in [4.69, 9.17) is 16.3 Å². The monoisotopic (exact) mass is 542 g/mol. The van der Waals surface area contributed by atoms with Gasteiger partial charge in [-0.05, 0) is 48.5 Å². The molecule has 0 aliphatic rings. The van der Waals surface area contributed by atoms with E-state index in [-0.39, 0.29) is 22.6 Å². The van der Waals surface area contributed by atoms with Crippen LogP contribution in [0.2, 0.25) is 5.02 Å². The van der Waals surface area contributed by atoms with Gasteiger partial charge in [-0.3, -0.25) is 25.0 Å². The number of nitro benzene ring substituents is 2. The lowest BCUT2D eigenvalue weighted by Gasteiger charge is -2.11. The molecule has 12 heteroatoms. The quantitative estimate of drug-likeness (QED) is 0.160. The van der Waals surface area contributed by atoms with Crippen molar-refractivity contribution in [2.75, 3.05) is 5.32 Å². The Kier molecular flexibility index (Phi) is 7.57. The van der Waals surface area contributed by atoms with E-state index >= 15 is 0 Å². The molecule has 10 nitrogen and oxygen atoms in total. The molecule has 1 amide bonds. The molecule has 34 heavy (non-hydrogen) atoms. The number of halogens is 2. The molecule has 0 aromatic heterocycles. The summed E-state index contributed by atoms with van der Waals surface area (Å²) in [5.41, 5.74) is -0.738. The summed E-state index contributed by atoms with van der Waals surface area (Å²) in [5, 5.41) is 34.9. The fourth-order valence-electron chi connectivity index (χ4n) is 2.76. The van der Waals surface area contributed by atoms with Gasteiger partial charge in [0.15, 0.2) is 0 Å². The third-order valence-corrected chi connectivity index (χ3v) is 5.02. The number of non-ortho nitro benzene ring substituents is 1. The molecular formula is C22H12BrClN4O6. The standard InChI is InChI=1S/C22H12BrClN4O6/c23-15-4-6-20(34-21-7-5-18(27(30)31)11-19(21)28(32)33)13(9-15)8-14(12-25)22(29)26-17-3-1-2-16(24)10-17/h1-11H,(H,26,29)/b14-8+. The van der Waals surface area contributed by atoms with Gasteiger partial charge in [0.2, 0.25) is 5.75 Å². The molecule has 0 saturated carbocycles. The fourth-order valence-corrected chi connectivity index (χ4v) is 3.33. The number of benzene rings is 3. The molecule has 0 atom stereocenters. The molecule has 3 aromatic rings. The molecule has 0 fully saturated rings. The van der Waals surface area contributed by atoms with Crippen molar-refractivity contribution < 1.29 is 19.4 Å². The highest BCUT2D eigenvalue weighted by Crippen LogP contribution is 2.37. The molecule has 0 radical (unpaired) electrons. The second-order valence-electron chi connectivity index (χ2n) is 6.58. The maximum absolute atomic E-state index is 12.6. The average molecular weight is 544 g/mol. The highest BCUT2D eigenvalue weighted by atomic mass is 79.9. The van der Waals surface area contributed by atoms with E-state index in [1.165, 1.54) is 24.3 Å². The number of ether oxygens (including phenoxy) is 1. The lowest BCUT2D eigenvalue weighted by atomic mass is 10.1. The van der Waals surface area contributed by atoms with Gasteiger partial charge in [-0.1, -0.05) is 33.6 Å². The molecule has 0 aliphatic carbocycles. The smallest absolute Gasteiger partial charge is 0.318 e. The van der Waals surface area contributed by atoms with Gasteiger partial charge in [0, 0.05) is 26.8 Å². The van der Waals surface area contributed by atoms with Gasteiger partial charge in [-0.2, -0.15) is 5.26 Å². The van der Waals surface area contributed by atoms with E-state index in [9.17, 15) is 30.3 Å². The first-order valence-corrected chi connectivity index (χ1v) is 10.4. The van der Waals surface area contributed by atoms with Crippen LogP contribution >= 0.6 is 27.5 Å². The van der Waals surface area contributed by atoms with Crippen LogP contribution in [0.5, 0.6) is 11.5 Å². The summed E-state index contributed by atoms with van der Waals surface area (Å²) in [5.74, 6) is -0.894. The first kappa shape index (κ1) is 24.4. The molecule has 0 heterocycles. The fraction of sp³-hybridized carbons (Fsp3) is 0. The predicted molar refractivity (Wildman–Crippen MR) is 128 cm³/mol. The predicted octanol–water partition coefficient (Wildman–Crippen LogP) is 6.26. The summed E-state index contributed by atoms with van der Waals surface area (Å²) in [6, 6.07) is 15.7. The van der Waals surface area contributed by atoms with Crippen LogP contribution in [0.3, 0.4) is 0 Å². The number of rotatable bonds is 7. The molecule has 0 unspecified atom stereocenters. The molecule has 0 spiro atoms. The third-order valence-electron chi connectivity index (χ3n) is 4.29. The van der Waals surface area contributed by atoms with E-state index in [0.29, 0.717) is 15.2 Å². The Morgan fingerprint density at radius 2 is 1.79 bits per heavy atom. The minimum atomic E-state index is -0.810. The second-order valence-corrected chi connectivity index (χ2v) is 7.94. The van der Waals surface area contributed by atoms with E-state index < -0.39 is 27.1 Å². The average Bonchev–Trinajstić information content (AvgIpc) is 2.78. The van der Waals surface area contributed by atoms with Crippen LogP contribution < -0.4 is 10.1 Å². The van der Waals surface area contributed by atoms with Crippen molar-refractivity contribution in [3.63, 3.8) is 0 Å². The maximum Gasteiger partial charge on any atom is 0.318 e. The minimum Gasteiger partial charge on any atom is -0.449 e. The summed E-state index contributed by atoms with van der Waals surface area (Å²) >= 11 is 9.20. The number of nitrogens with zero attached hydrogens (tertiary/aromatic N) is 3. The minimum absolute atomic E-state index is 0.0726. The second kappa shape index (κ2) is 10.6. The molecule has 0 bridgehead atoms. The van der Waals surface area contributed by atoms with Gasteiger partial charge in [0.1, 0.15) is 17.4 Å². The summed E-state index contributed by atoms with van der Waals surface area (Å²) in [4.78, 5) is 33.4. The SMILES string of the molecule is N#C/C(=C\c1cc(Br)ccc1Oc1ccc([N+](=O)[O-])cc1[N+](=O)[O-])C(=O)Nc1cccc(Cl)c1. The number of hydrogen-bond acceptors (Lipinski definition) is 7. The van der Waals surface area contributed by atoms with Gasteiger partial charge < -0.3 is 10.1 Å². The van der Waals surface area contributed by atoms with Gasteiger partial charge in [-0.25, -0.2) is 0 Å². The molecule has 170 valence electrons. The number of anilines is 1. The van der Waals surface area contributed by atoms with Crippen molar-refractivity contribution in [1.29, 1.82) is 5.26 Å². The Morgan fingerprint density at radius 3 is 2.44 bits per heavy atom. The van der Waals surface area contributed by atoms with Crippen molar-refractivity contribution in [3.8, 4) is 17.6 Å². The number of nitro groups is 2. The summed E-state index contributed by atoms with van der Waals surface area (Å²) in [6.07, 6.45) is 1.25. The zero-order chi connectivity index (χ0) is 24.8. The van der Waals surface area contributed by atoms with E-state index in [1.54, 1.807) is 24.3 Å². The highest BCUT2D eigenvalue weighted by molar-refractivity contribution is 9.10. The lowest BCUT2D eigenvalue weighted by Crippen LogP contribution is -2.13. The highest BCUT2D eigenvalue weighted by Gasteiger charge is 2.22. The Hall–Kier alpha value is -4.27. The van der Waals surface area contributed by atoms with Crippen molar-refractivity contribution in [2.24, 2.45) is 0 Å². The summed E-state index contributed by atoms with van der Waals surface area (Å²) in [6.45, 7) is 0. The van der Waals surface area contributed by atoms with Crippen molar-refractivity contribution in [3.05, 3.63) is 102 Å². The molecule has 0 saturated heterocycles. The number of amides is 1. The number of hydrogen-bond donors (Lipinski definition) is 1. The van der Waals surface area contributed by atoms with Crippen molar-refractivity contribution in [1.82, 2.24) is 0 Å². The van der Waals surface area contributed by atoms with Crippen LogP contribution in [0.1, 0.15) is 5.56 Å². The Bertz CT molecular complexity index is 1390. The first-order valence-electron chi connectivity index (χ1n) is 9.27. The van der Waals surface area contributed by atoms with Crippen LogP contribution in [0.4, 0.5) is 17.1 Å². The van der Waals surface area contributed by atoms with Gasteiger partial charge in [0.05, 0.1) is 15.9 Å². The van der Waals surface area contributed by atoms with Crippen LogP contribution in [0.25, 0.3) is 6.08 Å². The molecule has 0 aliphatic heterocycles. The maximum atomic E-state index is 12.6. The zero-order valence-corrected chi connectivity index (χ0v) is 19.2. The third kappa shape index (κ3) is 5.94. The van der Waals surface area contributed by atoms with Crippen LogP contribution in [0, 0.1) is 31.6 Å². The molecular weight excluding hydrogens is 532 g/mol. The molecule has 1 N–H and O–H groups in total. The molecule has 3 rings (SSSR count). The topological polar surface area (TPSA) is 148 Å². The van der Waals surface area contributed by atoms with Crippen LogP contribution in [0.15, 0.2) is 70.7 Å². The lowest BCUT2D eigenvalue weighted by molar-refractivity contribution is -0.394. The Labute approximate surface area is 205 Å². The first-order chi connectivity index (χ1) is 16.2. The molecule has 3 aromatic carbocycles. The van der Waals surface area contributed by atoms with Crippen LogP contribution in [-0.4, -0.2) is 15.8 Å². The van der Waals surface area contributed by atoms with E-state index in [1.807, 2.05) is 6.07 Å². The largest absolute Gasteiger partial charge is 0.449 e. The van der Waals surface area contributed by atoms with Gasteiger partial charge in [-0.15, -0.1) is 0 Å². The van der Waals surface area contributed by atoms with E-state index in [2.05, 4.69) is 21.2 Å². The summed E-state index contributed by atoms with van der Waals surface area (Å²) in [7, 11) is 0. The Morgan fingerprint density at radius 1 is 1.06 bits per heavy atom. The van der Waals surface area contributed by atoms with Crippen molar-refractivity contribution >= 4 is 56.6 Å². The van der Waals surface area contributed by atoms with Crippen molar-refractivity contribution in [2.45, 2.75) is 0 Å². The van der Waals surface area contributed by atoms with Crippen LogP contribution in [-0.2, 0) is 4.79 Å². The Balaban J connectivity index is 1.98. The number of nitriles is 1. The normalized spacial score (nSPS) is 10.8. The zero-order valence-electron chi connectivity index (χ0n) is 16.9.